The number of benzene rings is 1. The molecule has 8 nitrogen and oxygen atoms in total. The number of carbonyl (C=O) groups is 2. The number of hydrogen-bond acceptors (Lipinski definition) is 7. The molecule has 2 heterocycles. The zero-order valence-electron chi connectivity index (χ0n) is 22.6. The summed E-state index contributed by atoms with van der Waals surface area (Å²) in [5.41, 5.74) is -1.05. The van der Waals surface area contributed by atoms with E-state index in [9.17, 15) is 9.59 Å². The lowest BCUT2D eigenvalue weighted by molar-refractivity contribution is -0.280. The number of rotatable bonds is 7. The van der Waals surface area contributed by atoms with Gasteiger partial charge in [-0.25, -0.2) is 9.86 Å². The topological polar surface area (TPSA) is 83.5 Å². The van der Waals surface area contributed by atoms with Crippen LogP contribution in [0.5, 0.6) is 0 Å². The Labute approximate surface area is 216 Å². The molecule has 0 radical (unpaired) electrons. The number of carbonyl (C=O) groups excluding carboxylic acids is 2. The molecule has 0 saturated carbocycles. The third-order valence-electron chi connectivity index (χ3n) is 7.54. The second-order valence-corrected chi connectivity index (χ2v) is 21.7. The van der Waals surface area contributed by atoms with Crippen molar-refractivity contribution in [3.8, 4) is 0 Å². The average molecular weight is 534 g/mol. The molecular weight excluding hydrogens is 494 g/mol. The Morgan fingerprint density at radius 1 is 1.00 bits per heavy atom. The van der Waals surface area contributed by atoms with Crippen molar-refractivity contribution < 1.29 is 32.8 Å². The van der Waals surface area contributed by atoms with Crippen LogP contribution in [-0.2, 0) is 34.6 Å². The van der Waals surface area contributed by atoms with Gasteiger partial charge in [0, 0.05) is 0 Å². The lowest BCUT2D eigenvalue weighted by Crippen LogP contribution is -2.77. The average Bonchev–Trinajstić information content (AvgIpc) is 3.13. The van der Waals surface area contributed by atoms with E-state index in [1.807, 2.05) is 42.5 Å². The van der Waals surface area contributed by atoms with Crippen LogP contribution in [0.1, 0.15) is 32.8 Å². The SMILES string of the molecule is CC(C)(C)[Si](C)(C)O[C@H]1[C@@H](O[Si](C)(C)C)[C@]2(C=C[C@@]13COC(=O)O3)CC(=O)N2OCc1ccccc1. The van der Waals surface area contributed by atoms with Crippen molar-refractivity contribution in [1.29, 1.82) is 0 Å². The van der Waals surface area contributed by atoms with Gasteiger partial charge < -0.3 is 18.3 Å². The summed E-state index contributed by atoms with van der Waals surface area (Å²) in [5.74, 6) is -0.124. The summed E-state index contributed by atoms with van der Waals surface area (Å²) in [4.78, 5) is 31.2. The Balaban J connectivity index is 1.76. The molecule has 3 aliphatic rings. The van der Waals surface area contributed by atoms with Crippen molar-refractivity contribution in [2.45, 2.75) is 94.9 Å². The minimum absolute atomic E-state index is 0.0298. The number of hydrogen-bond donors (Lipinski definition) is 0. The van der Waals surface area contributed by atoms with Crippen LogP contribution in [0.3, 0.4) is 0 Å². The highest BCUT2D eigenvalue weighted by molar-refractivity contribution is 6.74. The first-order chi connectivity index (χ1) is 16.6. The number of nitrogens with zero attached hydrogens (tertiary/aromatic N) is 1. The van der Waals surface area contributed by atoms with E-state index in [2.05, 4.69) is 53.5 Å². The highest BCUT2D eigenvalue weighted by Crippen LogP contribution is 2.51. The fourth-order valence-corrected chi connectivity index (χ4v) is 6.98. The van der Waals surface area contributed by atoms with Crippen LogP contribution in [0.25, 0.3) is 0 Å². The van der Waals surface area contributed by atoms with E-state index in [-0.39, 0.29) is 30.6 Å². The Morgan fingerprint density at radius 2 is 1.67 bits per heavy atom. The lowest BCUT2D eigenvalue weighted by atomic mass is 9.70. The first-order valence-electron chi connectivity index (χ1n) is 12.5. The zero-order valence-corrected chi connectivity index (χ0v) is 24.6. The summed E-state index contributed by atoms with van der Waals surface area (Å²) in [6, 6.07) is 9.72. The van der Waals surface area contributed by atoms with E-state index in [1.54, 1.807) is 0 Å². The van der Waals surface area contributed by atoms with Crippen molar-refractivity contribution in [1.82, 2.24) is 5.06 Å². The highest BCUT2D eigenvalue weighted by atomic mass is 28.4. The molecule has 0 aromatic heterocycles. The maximum atomic E-state index is 12.9. The lowest BCUT2D eigenvalue weighted by Gasteiger charge is -2.59. The second-order valence-electron chi connectivity index (χ2n) is 12.5. The smallest absolute Gasteiger partial charge is 0.430 e. The molecule has 4 rings (SSSR count). The number of hydroxylamine groups is 2. The maximum Gasteiger partial charge on any atom is 0.509 e. The molecule has 2 fully saturated rings. The van der Waals surface area contributed by atoms with Crippen molar-refractivity contribution in [3.63, 3.8) is 0 Å². The number of cyclic esters (lactones) is 1. The molecule has 36 heavy (non-hydrogen) atoms. The Morgan fingerprint density at radius 3 is 2.19 bits per heavy atom. The van der Waals surface area contributed by atoms with Crippen LogP contribution in [0.4, 0.5) is 4.79 Å². The monoisotopic (exact) mass is 533 g/mol. The van der Waals surface area contributed by atoms with Crippen molar-refractivity contribution in [2.24, 2.45) is 0 Å². The molecule has 1 aromatic carbocycles. The van der Waals surface area contributed by atoms with Crippen molar-refractivity contribution in [2.75, 3.05) is 6.61 Å². The predicted molar refractivity (Wildman–Crippen MR) is 140 cm³/mol. The number of amides is 1. The largest absolute Gasteiger partial charge is 0.509 e. The minimum atomic E-state index is -2.38. The van der Waals surface area contributed by atoms with Gasteiger partial charge in [0.1, 0.15) is 31.0 Å². The summed E-state index contributed by atoms with van der Waals surface area (Å²) in [6.45, 7) is 17.4. The van der Waals surface area contributed by atoms with E-state index in [0.29, 0.717) is 0 Å². The van der Waals surface area contributed by atoms with Gasteiger partial charge in [-0.3, -0.25) is 9.63 Å². The second kappa shape index (κ2) is 9.09. The van der Waals surface area contributed by atoms with Crippen LogP contribution < -0.4 is 0 Å². The van der Waals surface area contributed by atoms with E-state index in [1.165, 1.54) is 5.06 Å². The molecule has 10 heteroatoms. The quantitative estimate of drug-likeness (QED) is 0.207. The molecule has 0 N–H and O–H groups in total. The highest BCUT2D eigenvalue weighted by Gasteiger charge is 2.68. The number of ether oxygens (including phenoxy) is 2. The van der Waals surface area contributed by atoms with Crippen LogP contribution >= 0.6 is 0 Å². The van der Waals surface area contributed by atoms with Crippen molar-refractivity contribution >= 4 is 28.7 Å². The summed E-state index contributed by atoms with van der Waals surface area (Å²) < 4.78 is 24.9. The third-order valence-corrected chi connectivity index (χ3v) is 13.0. The Bertz CT molecular complexity index is 1030. The molecule has 1 amide bonds. The molecular formula is C26H39NO7Si2. The summed E-state index contributed by atoms with van der Waals surface area (Å²) >= 11 is 0. The van der Waals surface area contributed by atoms with Crippen LogP contribution in [0.15, 0.2) is 42.5 Å². The molecule has 2 saturated heterocycles. The van der Waals surface area contributed by atoms with E-state index in [4.69, 9.17) is 23.2 Å². The predicted octanol–water partition coefficient (Wildman–Crippen LogP) is 5.18. The molecule has 0 unspecified atom stereocenters. The van der Waals surface area contributed by atoms with Gasteiger partial charge in [0.25, 0.3) is 0 Å². The van der Waals surface area contributed by atoms with Gasteiger partial charge >= 0.3 is 6.16 Å². The van der Waals surface area contributed by atoms with Gasteiger partial charge in [-0.15, -0.1) is 0 Å². The molecule has 2 aliphatic heterocycles. The van der Waals surface area contributed by atoms with Gasteiger partial charge in [0.2, 0.25) is 5.91 Å². The van der Waals surface area contributed by atoms with Gasteiger partial charge in [-0.1, -0.05) is 57.2 Å². The minimum Gasteiger partial charge on any atom is -0.430 e. The molecule has 4 atom stereocenters. The zero-order chi connectivity index (χ0) is 26.6. The molecule has 198 valence electrons. The van der Waals surface area contributed by atoms with Gasteiger partial charge in [0.05, 0.1) is 6.42 Å². The van der Waals surface area contributed by atoms with E-state index < -0.39 is 46.1 Å². The third kappa shape index (κ3) is 4.93. The molecule has 1 aliphatic carbocycles. The van der Waals surface area contributed by atoms with Gasteiger partial charge in [-0.2, -0.15) is 0 Å². The van der Waals surface area contributed by atoms with E-state index in [0.717, 1.165) is 5.56 Å². The molecule has 0 bridgehead atoms. The van der Waals surface area contributed by atoms with Gasteiger partial charge in [0.15, 0.2) is 22.2 Å². The summed E-state index contributed by atoms with van der Waals surface area (Å²) in [5, 5.41) is 1.34. The Hall–Kier alpha value is -1.99. The standard InChI is InChI=1S/C26H39NO7Si2/c1-24(2,3)36(7,8)34-22-21(33-35(4,5)6)25(14-15-26(22)18-30-23(29)32-26)16-20(28)27(25)31-17-19-12-10-9-11-13-19/h9-15,21-22H,16-18H2,1-8H3/t21-,22+,25+,26-/m1/s1. The summed E-state index contributed by atoms with van der Waals surface area (Å²) in [6.07, 6.45) is 1.94. The normalized spacial score (nSPS) is 30.5. The fraction of sp³-hybridized carbons (Fsp3) is 0.615. The van der Waals surface area contributed by atoms with Crippen LogP contribution in [0.2, 0.25) is 37.8 Å². The van der Waals surface area contributed by atoms with Crippen molar-refractivity contribution in [3.05, 3.63) is 48.0 Å². The first kappa shape index (κ1) is 27.1. The molecule has 1 aromatic rings. The van der Waals surface area contributed by atoms with E-state index >= 15 is 0 Å². The number of β-lactam (4-membered cyclic amide) rings is 1. The summed E-state index contributed by atoms with van der Waals surface area (Å²) in [7, 11) is -4.55. The van der Waals surface area contributed by atoms with Crippen LogP contribution in [0, 0.1) is 0 Å². The Kier molecular flexibility index (Phi) is 6.83. The maximum absolute atomic E-state index is 12.9. The van der Waals surface area contributed by atoms with Crippen LogP contribution in [-0.4, -0.2) is 63.7 Å². The fourth-order valence-electron chi connectivity index (χ4n) is 4.58. The van der Waals surface area contributed by atoms with Gasteiger partial charge in [-0.05, 0) is 49.4 Å². The molecule has 2 spiro atoms. The first-order valence-corrected chi connectivity index (χ1v) is 18.8.